The van der Waals surface area contributed by atoms with Crippen molar-refractivity contribution in [3.05, 3.63) is 18.2 Å². The van der Waals surface area contributed by atoms with Crippen molar-refractivity contribution in [2.24, 2.45) is 0 Å². The Hall–Kier alpha value is -0.980. The lowest BCUT2D eigenvalue weighted by Crippen LogP contribution is -2.22. The molecule has 0 aliphatic carbocycles. The number of halogens is 1. The van der Waals surface area contributed by atoms with Crippen molar-refractivity contribution in [2.45, 2.75) is 23.8 Å². The van der Waals surface area contributed by atoms with Crippen LogP contribution in [0.3, 0.4) is 0 Å². The highest BCUT2D eigenvalue weighted by Gasteiger charge is 2.18. The van der Waals surface area contributed by atoms with Crippen LogP contribution in [0.15, 0.2) is 23.1 Å². The number of nitrogens with zero attached hydrogens (tertiary/aromatic N) is 1. The number of nitrogens with one attached hydrogen (secondary N) is 1. The molecule has 1 aliphatic rings. The van der Waals surface area contributed by atoms with E-state index >= 15 is 0 Å². The van der Waals surface area contributed by atoms with Gasteiger partial charge in [0.2, 0.25) is 0 Å². The molecular formula is C14H21ClN2O3S. The molecule has 1 aromatic carbocycles. The SMILES string of the molecule is CS(=O)(=O)c1ccc(N2CCCC2)cc1NCC(O)CCl. The molecule has 0 saturated carbocycles. The third-order valence-electron chi connectivity index (χ3n) is 3.54. The minimum atomic E-state index is -3.32. The number of aliphatic hydroxyl groups is 1. The summed E-state index contributed by atoms with van der Waals surface area (Å²) < 4.78 is 23.7. The lowest BCUT2D eigenvalue weighted by molar-refractivity contribution is 0.211. The van der Waals surface area contributed by atoms with E-state index < -0.39 is 15.9 Å². The number of rotatable bonds is 6. The number of hydrogen-bond donors (Lipinski definition) is 2. The minimum Gasteiger partial charge on any atom is -0.390 e. The monoisotopic (exact) mass is 332 g/mol. The van der Waals surface area contributed by atoms with E-state index in [2.05, 4.69) is 10.2 Å². The molecule has 1 fully saturated rings. The smallest absolute Gasteiger partial charge is 0.177 e. The van der Waals surface area contributed by atoms with E-state index in [0.717, 1.165) is 31.6 Å². The Bertz CT molecular complexity index is 586. The van der Waals surface area contributed by atoms with Crippen molar-refractivity contribution in [3.8, 4) is 0 Å². The van der Waals surface area contributed by atoms with Gasteiger partial charge in [-0.25, -0.2) is 8.42 Å². The fourth-order valence-corrected chi connectivity index (χ4v) is 3.39. The van der Waals surface area contributed by atoms with Gasteiger partial charge in [0.1, 0.15) is 0 Å². The summed E-state index contributed by atoms with van der Waals surface area (Å²) >= 11 is 5.57. The molecule has 5 nitrogen and oxygen atoms in total. The minimum absolute atomic E-state index is 0.104. The Kier molecular flexibility index (Phi) is 5.35. The van der Waals surface area contributed by atoms with E-state index in [1.807, 2.05) is 12.1 Å². The molecule has 1 unspecified atom stereocenters. The molecule has 1 saturated heterocycles. The second-order valence-electron chi connectivity index (χ2n) is 5.34. The van der Waals surface area contributed by atoms with Crippen LogP contribution in [0.4, 0.5) is 11.4 Å². The standard InChI is InChI=1S/C14H21ClN2O3S/c1-21(19,20)14-5-4-11(17-6-2-3-7-17)8-13(14)16-10-12(18)9-15/h4-5,8,12,16,18H,2-3,6-7,9-10H2,1H3. The maximum Gasteiger partial charge on any atom is 0.177 e. The van der Waals surface area contributed by atoms with Crippen LogP contribution in [0.25, 0.3) is 0 Å². The Morgan fingerprint density at radius 1 is 1.38 bits per heavy atom. The van der Waals surface area contributed by atoms with E-state index in [0.29, 0.717) is 5.69 Å². The van der Waals surface area contributed by atoms with Crippen molar-refractivity contribution < 1.29 is 13.5 Å². The van der Waals surface area contributed by atoms with Crippen LogP contribution in [0.5, 0.6) is 0 Å². The van der Waals surface area contributed by atoms with Gasteiger partial charge >= 0.3 is 0 Å². The Morgan fingerprint density at radius 3 is 2.62 bits per heavy atom. The Labute approximate surface area is 130 Å². The third-order valence-corrected chi connectivity index (χ3v) is 5.05. The summed E-state index contributed by atoms with van der Waals surface area (Å²) in [4.78, 5) is 2.47. The van der Waals surface area contributed by atoms with E-state index in [-0.39, 0.29) is 17.3 Å². The first-order chi connectivity index (χ1) is 9.91. The highest BCUT2D eigenvalue weighted by molar-refractivity contribution is 7.90. The summed E-state index contributed by atoms with van der Waals surface area (Å²) in [6.07, 6.45) is 2.78. The number of aliphatic hydroxyl groups excluding tert-OH is 1. The largest absolute Gasteiger partial charge is 0.390 e. The molecule has 1 atom stereocenters. The molecule has 0 aromatic heterocycles. The van der Waals surface area contributed by atoms with Gasteiger partial charge < -0.3 is 15.3 Å². The zero-order valence-corrected chi connectivity index (χ0v) is 13.6. The summed E-state index contributed by atoms with van der Waals surface area (Å²) in [5.41, 5.74) is 1.52. The summed E-state index contributed by atoms with van der Waals surface area (Å²) in [7, 11) is -3.32. The average Bonchev–Trinajstić information content (AvgIpc) is 2.97. The van der Waals surface area contributed by atoms with Crippen molar-refractivity contribution in [1.82, 2.24) is 0 Å². The van der Waals surface area contributed by atoms with E-state index in [1.165, 1.54) is 6.26 Å². The zero-order valence-electron chi connectivity index (χ0n) is 12.0. The molecule has 2 rings (SSSR count). The topological polar surface area (TPSA) is 69.6 Å². The first-order valence-corrected chi connectivity index (χ1v) is 9.41. The van der Waals surface area contributed by atoms with Crippen LogP contribution in [0, 0.1) is 0 Å². The van der Waals surface area contributed by atoms with Crippen molar-refractivity contribution >= 4 is 32.8 Å². The third kappa shape index (κ3) is 4.25. The molecule has 7 heteroatoms. The van der Waals surface area contributed by atoms with Crippen LogP contribution >= 0.6 is 11.6 Å². The molecule has 0 amide bonds. The van der Waals surface area contributed by atoms with Gasteiger partial charge in [0.15, 0.2) is 9.84 Å². The maximum absolute atomic E-state index is 11.9. The van der Waals surface area contributed by atoms with Crippen LogP contribution in [-0.4, -0.2) is 51.4 Å². The van der Waals surface area contributed by atoms with Gasteiger partial charge in [0.05, 0.1) is 22.6 Å². The molecule has 0 spiro atoms. The summed E-state index contributed by atoms with van der Waals surface area (Å²) in [5.74, 6) is 0.104. The molecule has 1 heterocycles. The van der Waals surface area contributed by atoms with Gasteiger partial charge in [0.25, 0.3) is 0 Å². The first kappa shape index (κ1) is 16.4. The van der Waals surface area contributed by atoms with Gasteiger partial charge in [0, 0.05) is 31.6 Å². The van der Waals surface area contributed by atoms with Crippen LogP contribution in [0.2, 0.25) is 0 Å². The fraction of sp³-hybridized carbons (Fsp3) is 0.571. The predicted octanol–water partition coefficient (Wildman–Crippen LogP) is 1.70. The number of benzene rings is 1. The lowest BCUT2D eigenvalue weighted by atomic mass is 10.2. The highest BCUT2D eigenvalue weighted by atomic mass is 35.5. The average molecular weight is 333 g/mol. The number of sulfone groups is 1. The first-order valence-electron chi connectivity index (χ1n) is 6.99. The highest BCUT2D eigenvalue weighted by Crippen LogP contribution is 2.29. The van der Waals surface area contributed by atoms with Crippen LogP contribution in [0.1, 0.15) is 12.8 Å². The molecule has 2 N–H and O–H groups in total. The quantitative estimate of drug-likeness (QED) is 0.776. The second kappa shape index (κ2) is 6.85. The maximum atomic E-state index is 11.9. The zero-order chi connectivity index (χ0) is 15.5. The van der Waals surface area contributed by atoms with E-state index in [4.69, 9.17) is 11.6 Å². The van der Waals surface area contributed by atoms with Crippen molar-refractivity contribution in [3.63, 3.8) is 0 Å². The molecule has 21 heavy (non-hydrogen) atoms. The van der Waals surface area contributed by atoms with Crippen molar-refractivity contribution in [1.29, 1.82) is 0 Å². The molecule has 0 bridgehead atoms. The van der Waals surface area contributed by atoms with Crippen molar-refractivity contribution in [2.75, 3.05) is 42.0 Å². The number of anilines is 2. The normalized spacial score (nSPS) is 17.0. The molecule has 1 aliphatic heterocycles. The van der Waals surface area contributed by atoms with E-state index in [1.54, 1.807) is 6.07 Å². The number of hydrogen-bond acceptors (Lipinski definition) is 5. The summed E-state index contributed by atoms with van der Waals surface area (Å²) in [5, 5.41) is 12.5. The van der Waals surface area contributed by atoms with Gasteiger partial charge in [-0.1, -0.05) is 0 Å². The van der Waals surface area contributed by atoms with Crippen LogP contribution in [-0.2, 0) is 9.84 Å². The Balaban J connectivity index is 2.29. The molecular weight excluding hydrogens is 312 g/mol. The Morgan fingerprint density at radius 2 is 2.05 bits per heavy atom. The predicted molar refractivity (Wildman–Crippen MR) is 86.2 cm³/mol. The van der Waals surface area contributed by atoms with Gasteiger partial charge in [-0.05, 0) is 31.0 Å². The van der Waals surface area contributed by atoms with Gasteiger partial charge in [-0.3, -0.25) is 0 Å². The fourth-order valence-electron chi connectivity index (χ4n) is 2.43. The summed E-state index contributed by atoms with van der Waals surface area (Å²) in [6, 6.07) is 5.30. The summed E-state index contributed by atoms with van der Waals surface area (Å²) in [6.45, 7) is 2.19. The lowest BCUT2D eigenvalue weighted by Gasteiger charge is -2.21. The molecule has 118 valence electrons. The molecule has 1 aromatic rings. The second-order valence-corrected chi connectivity index (χ2v) is 7.63. The van der Waals surface area contributed by atoms with Gasteiger partial charge in [-0.15, -0.1) is 11.6 Å². The van der Waals surface area contributed by atoms with Crippen LogP contribution < -0.4 is 10.2 Å². The van der Waals surface area contributed by atoms with Gasteiger partial charge in [-0.2, -0.15) is 0 Å². The number of alkyl halides is 1. The van der Waals surface area contributed by atoms with E-state index in [9.17, 15) is 13.5 Å². The molecule has 0 radical (unpaired) electrons.